The fourth-order valence-corrected chi connectivity index (χ4v) is 2.29. The van der Waals surface area contributed by atoms with Crippen molar-refractivity contribution in [2.45, 2.75) is 26.2 Å². The number of amides is 1. The average Bonchev–Trinajstić information content (AvgIpc) is 2.21. The molecule has 5 heteroatoms. The lowest BCUT2D eigenvalue weighted by molar-refractivity contribution is -0.159. The summed E-state index contributed by atoms with van der Waals surface area (Å²) in [6.45, 7) is 1.91. The number of hydrogen-bond donors (Lipinski definition) is 2. The summed E-state index contributed by atoms with van der Waals surface area (Å²) >= 11 is 3.38. The van der Waals surface area contributed by atoms with Gasteiger partial charge in [-0.2, -0.15) is 0 Å². The highest BCUT2D eigenvalue weighted by Gasteiger charge is 2.51. The average molecular weight is 312 g/mol. The van der Waals surface area contributed by atoms with Gasteiger partial charge in [-0.3, -0.25) is 9.59 Å². The van der Waals surface area contributed by atoms with Crippen LogP contribution in [0.3, 0.4) is 0 Å². The highest BCUT2D eigenvalue weighted by molar-refractivity contribution is 9.10. The van der Waals surface area contributed by atoms with Gasteiger partial charge in [0, 0.05) is 10.2 Å². The Morgan fingerprint density at radius 1 is 1.39 bits per heavy atom. The van der Waals surface area contributed by atoms with Gasteiger partial charge >= 0.3 is 5.97 Å². The molecule has 1 aromatic rings. The van der Waals surface area contributed by atoms with E-state index >= 15 is 0 Å². The third kappa shape index (κ3) is 2.14. The summed E-state index contributed by atoms with van der Waals surface area (Å²) < 4.78 is 0.956. The molecule has 2 N–H and O–H groups in total. The first-order valence-corrected chi connectivity index (χ1v) is 6.56. The Kier molecular flexibility index (Phi) is 3.43. The van der Waals surface area contributed by atoms with Crippen LogP contribution in [0, 0.1) is 12.3 Å². The van der Waals surface area contributed by atoms with E-state index in [1.165, 1.54) is 0 Å². The summed E-state index contributed by atoms with van der Waals surface area (Å²) in [7, 11) is 0. The van der Waals surface area contributed by atoms with Crippen LogP contribution >= 0.6 is 15.9 Å². The Morgan fingerprint density at radius 2 is 2.06 bits per heavy atom. The van der Waals surface area contributed by atoms with Gasteiger partial charge in [0.15, 0.2) is 0 Å². The third-order valence-corrected chi connectivity index (χ3v) is 4.36. The number of nitrogens with one attached hydrogen (secondary N) is 1. The Labute approximate surface area is 114 Å². The number of benzene rings is 1. The maximum atomic E-state index is 12.1. The van der Waals surface area contributed by atoms with Crippen molar-refractivity contribution in [1.82, 2.24) is 0 Å². The lowest BCUT2D eigenvalue weighted by Crippen LogP contribution is -2.48. The number of carboxylic acids is 1. The summed E-state index contributed by atoms with van der Waals surface area (Å²) in [5, 5.41) is 11.9. The molecule has 1 aliphatic rings. The Bertz CT molecular complexity index is 509. The van der Waals surface area contributed by atoms with Crippen LogP contribution in [0.1, 0.15) is 24.8 Å². The van der Waals surface area contributed by atoms with Gasteiger partial charge in [0.05, 0.1) is 0 Å². The van der Waals surface area contributed by atoms with Crippen LogP contribution < -0.4 is 5.32 Å². The van der Waals surface area contributed by atoms with Gasteiger partial charge in [0.25, 0.3) is 0 Å². The van der Waals surface area contributed by atoms with Crippen molar-refractivity contribution in [2.75, 3.05) is 5.32 Å². The molecule has 0 saturated heterocycles. The highest BCUT2D eigenvalue weighted by Crippen LogP contribution is 2.42. The van der Waals surface area contributed by atoms with E-state index < -0.39 is 17.3 Å². The van der Waals surface area contributed by atoms with Crippen molar-refractivity contribution in [3.05, 3.63) is 28.2 Å². The first-order valence-electron chi connectivity index (χ1n) is 5.77. The van der Waals surface area contributed by atoms with E-state index in [-0.39, 0.29) is 0 Å². The van der Waals surface area contributed by atoms with Crippen molar-refractivity contribution in [3.8, 4) is 0 Å². The van der Waals surface area contributed by atoms with Gasteiger partial charge in [0.1, 0.15) is 5.41 Å². The monoisotopic (exact) mass is 311 g/mol. The van der Waals surface area contributed by atoms with Gasteiger partial charge in [-0.1, -0.05) is 22.4 Å². The number of carbonyl (C=O) groups excluding carboxylic acids is 1. The summed E-state index contributed by atoms with van der Waals surface area (Å²) in [6, 6.07) is 5.40. The van der Waals surface area contributed by atoms with E-state index in [4.69, 9.17) is 5.11 Å². The second-order valence-electron chi connectivity index (χ2n) is 4.66. The Hall–Kier alpha value is -1.36. The number of halogens is 1. The molecule has 4 nitrogen and oxygen atoms in total. The minimum Gasteiger partial charge on any atom is -0.480 e. The van der Waals surface area contributed by atoms with Crippen molar-refractivity contribution in [1.29, 1.82) is 0 Å². The van der Waals surface area contributed by atoms with Crippen molar-refractivity contribution < 1.29 is 14.7 Å². The standard InChI is InChI=1S/C13H14BrNO3/c1-8-7-9(3-4-10(8)14)15-11(16)13(12(17)18)5-2-6-13/h3-4,7H,2,5-6H2,1H3,(H,15,16)(H,17,18). The van der Waals surface area contributed by atoms with E-state index in [0.717, 1.165) is 16.5 Å². The number of hydrogen-bond acceptors (Lipinski definition) is 2. The van der Waals surface area contributed by atoms with Crippen LogP contribution in [0.5, 0.6) is 0 Å². The molecule has 0 spiro atoms. The second-order valence-corrected chi connectivity index (χ2v) is 5.51. The molecule has 0 heterocycles. The zero-order valence-corrected chi connectivity index (χ0v) is 11.6. The molecule has 1 aromatic carbocycles. The molecule has 0 bridgehead atoms. The van der Waals surface area contributed by atoms with E-state index in [1.54, 1.807) is 6.07 Å². The van der Waals surface area contributed by atoms with Gasteiger partial charge in [-0.05, 0) is 43.5 Å². The molecular formula is C13H14BrNO3. The molecule has 1 saturated carbocycles. The SMILES string of the molecule is Cc1cc(NC(=O)C2(C(=O)O)CCC2)ccc1Br. The molecule has 0 unspecified atom stereocenters. The number of aliphatic carboxylic acids is 1. The molecule has 96 valence electrons. The normalized spacial score (nSPS) is 16.8. The largest absolute Gasteiger partial charge is 0.480 e. The van der Waals surface area contributed by atoms with E-state index in [0.29, 0.717) is 18.5 Å². The van der Waals surface area contributed by atoms with Crippen LogP contribution in [-0.2, 0) is 9.59 Å². The third-order valence-electron chi connectivity index (χ3n) is 3.47. The maximum absolute atomic E-state index is 12.1. The van der Waals surface area contributed by atoms with Crippen LogP contribution in [0.2, 0.25) is 0 Å². The molecule has 1 amide bonds. The topological polar surface area (TPSA) is 66.4 Å². The summed E-state index contributed by atoms with van der Waals surface area (Å²) in [6.07, 6.45) is 1.63. The van der Waals surface area contributed by atoms with Crippen LogP contribution in [-0.4, -0.2) is 17.0 Å². The van der Waals surface area contributed by atoms with Crippen LogP contribution in [0.25, 0.3) is 0 Å². The molecule has 2 rings (SSSR count). The molecule has 18 heavy (non-hydrogen) atoms. The number of rotatable bonds is 3. The van der Waals surface area contributed by atoms with Gasteiger partial charge in [-0.25, -0.2) is 0 Å². The first kappa shape index (κ1) is 13.1. The zero-order valence-electron chi connectivity index (χ0n) is 10.00. The van der Waals surface area contributed by atoms with Crippen LogP contribution in [0.4, 0.5) is 5.69 Å². The van der Waals surface area contributed by atoms with Crippen molar-refractivity contribution >= 4 is 33.5 Å². The molecule has 0 radical (unpaired) electrons. The Balaban J connectivity index is 2.16. The minimum atomic E-state index is -1.22. The van der Waals surface area contributed by atoms with E-state index in [2.05, 4.69) is 21.2 Å². The highest BCUT2D eigenvalue weighted by atomic mass is 79.9. The Morgan fingerprint density at radius 3 is 2.50 bits per heavy atom. The molecule has 0 aromatic heterocycles. The van der Waals surface area contributed by atoms with Crippen molar-refractivity contribution in [3.63, 3.8) is 0 Å². The second kappa shape index (κ2) is 4.72. The maximum Gasteiger partial charge on any atom is 0.319 e. The molecule has 1 fully saturated rings. The van der Waals surface area contributed by atoms with Gasteiger partial charge in [-0.15, -0.1) is 0 Å². The number of aryl methyl sites for hydroxylation is 1. The van der Waals surface area contributed by atoms with Gasteiger partial charge < -0.3 is 10.4 Å². The van der Waals surface area contributed by atoms with E-state index in [9.17, 15) is 9.59 Å². The fourth-order valence-electron chi connectivity index (χ4n) is 2.04. The smallest absolute Gasteiger partial charge is 0.319 e. The molecule has 1 aliphatic carbocycles. The number of carbonyl (C=O) groups is 2. The minimum absolute atomic E-state index is 0.414. The molecule has 0 atom stereocenters. The van der Waals surface area contributed by atoms with Crippen molar-refractivity contribution in [2.24, 2.45) is 5.41 Å². The predicted molar refractivity (Wildman–Crippen MR) is 71.4 cm³/mol. The zero-order chi connectivity index (χ0) is 13.3. The number of anilines is 1. The lowest BCUT2D eigenvalue weighted by atomic mass is 9.68. The fraction of sp³-hybridized carbons (Fsp3) is 0.385. The molecular weight excluding hydrogens is 298 g/mol. The first-order chi connectivity index (χ1) is 8.45. The van der Waals surface area contributed by atoms with Gasteiger partial charge in [0.2, 0.25) is 5.91 Å². The molecule has 0 aliphatic heterocycles. The van der Waals surface area contributed by atoms with Crippen LogP contribution in [0.15, 0.2) is 22.7 Å². The summed E-state index contributed by atoms with van der Waals surface area (Å²) in [5.41, 5.74) is 0.403. The summed E-state index contributed by atoms with van der Waals surface area (Å²) in [5.74, 6) is -1.44. The summed E-state index contributed by atoms with van der Waals surface area (Å²) in [4.78, 5) is 23.2. The van der Waals surface area contributed by atoms with E-state index in [1.807, 2.05) is 19.1 Å². The lowest BCUT2D eigenvalue weighted by Gasteiger charge is -2.35. The predicted octanol–water partition coefficient (Wildman–Crippen LogP) is 2.95. The quantitative estimate of drug-likeness (QED) is 0.843. The number of carboxylic acid groups (broad SMARTS) is 1.